The van der Waals surface area contributed by atoms with Gasteiger partial charge in [-0.2, -0.15) is 0 Å². The first kappa shape index (κ1) is 13.2. The molecule has 1 aliphatic heterocycles. The maximum absolute atomic E-state index is 9.78. The number of fused-ring (bicyclic) bond motifs is 1. The van der Waals surface area contributed by atoms with Gasteiger partial charge < -0.3 is 5.11 Å². The van der Waals surface area contributed by atoms with Gasteiger partial charge in [-0.15, -0.1) is 0 Å². The fraction of sp³-hybridized carbons (Fsp3) is 0.333. The van der Waals surface area contributed by atoms with Gasteiger partial charge in [-0.1, -0.05) is 43.3 Å². The van der Waals surface area contributed by atoms with Gasteiger partial charge in [-0.25, -0.2) is 0 Å². The topological polar surface area (TPSA) is 23.5 Å². The Hall–Kier alpha value is -1.80. The second-order valence-electron chi connectivity index (χ2n) is 5.50. The highest BCUT2D eigenvalue weighted by Crippen LogP contribution is 2.35. The van der Waals surface area contributed by atoms with Crippen LogP contribution in [0.3, 0.4) is 0 Å². The standard InChI is InChI=1S/C18H21NO/c1-2-19-11-10-18(14-6-4-3-5-7-14)17-9-8-16(20)12-15(17)13-19/h3-9,12,18,20H,2,10-11,13H2,1H3/t18-/m1/s1. The zero-order chi connectivity index (χ0) is 13.9. The Balaban J connectivity index is 2.05. The van der Waals surface area contributed by atoms with E-state index in [0.717, 1.165) is 26.1 Å². The first-order chi connectivity index (χ1) is 9.78. The fourth-order valence-electron chi connectivity index (χ4n) is 3.16. The van der Waals surface area contributed by atoms with E-state index in [0.29, 0.717) is 11.7 Å². The number of phenols is 1. The highest BCUT2D eigenvalue weighted by Gasteiger charge is 2.23. The van der Waals surface area contributed by atoms with Crippen LogP contribution in [0.5, 0.6) is 5.75 Å². The van der Waals surface area contributed by atoms with E-state index < -0.39 is 0 Å². The van der Waals surface area contributed by atoms with E-state index in [1.807, 2.05) is 12.1 Å². The van der Waals surface area contributed by atoms with Crippen molar-refractivity contribution in [2.45, 2.75) is 25.8 Å². The van der Waals surface area contributed by atoms with E-state index in [2.05, 4.69) is 48.2 Å². The van der Waals surface area contributed by atoms with Crippen molar-refractivity contribution in [3.63, 3.8) is 0 Å². The van der Waals surface area contributed by atoms with Gasteiger partial charge in [0.25, 0.3) is 0 Å². The molecule has 0 spiro atoms. The molecule has 1 atom stereocenters. The fourth-order valence-corrected chi connectivity index (χ4v) is 3.16. The molecule has 0 unspecified atom stereocenters. The van der Waals surface area contributed by atoms with E-state index in [1.54, 1.807) is 0 Å². The number of rotatable bonds is 2. The van der Waals surface area contributed by atoms with Crippen LogP contribution in [-0.2, 0) is 6.54 Å². The summed E-state index contributed by atoms with van der Waals surface area (Å²) in [5.74, 6) is 0.803. The summed E-state index contributed by atoms with van der Waals surface area (Å²) in [5, 5.41) is 9.78. The van der Waals surface area contributed by atoms with Crippen molar-refractivity contribution in [2.24, 2.45) is 0 Å². The minimum Gasteiger partial charge on any atom is -0.508 e. The van der Waals surface area contributed by atoms with Crippen molar-refractivity contribution < 1.29 is 5.11 Å². The number of hydrogen-bond acceptors (Lipinski definition) is 2. The number of benzene rings is 2. The Morgan fingerprint density at radius 2 is 1.95 bits per heavy atom. The summed E-state index contributed by atoms with van der Waals surface area (Å²) in [4.78, 5) is 2.45. The number of hydrogen-bond donors (Lipinski definition) is 1. The molecule has 0 saturated heterocycles. The molecule has 2 nitrogen and oxygen atoms in total. The zero-order valence-electron chi connectivity index (χ0n) is 11.9. The van der Waals surface area contributed by atoms with Crippen LogP contribution < -0.4 is 0 Å². The number of nitrogens with zero attached hydrogens (tertiary/aromatic N) is 1. The van der Waals surface area contributed by atoms with Crippen LogP contribution in [0.2, 0.25) is 0 Å². The van der Waals surface area contributed by atoms with Gasteiger partial charge in [0.2, 0.25) is 0 Å². The molecule has 2 aromatic carbocycles. The van der Waals surface area contributed by atoms with Gasteiger partial charge >= 0.3 is 0 Å². The quantitative estimate of drug-likeness (QED) is 0.895. The molecular weight excluding hydrogens is 246 g/mol. The molecule has 0 amide bonds. The summed E-state index contributed by atoms with van der Waals surface area (Å²) in [5.41, 5.74) is 4.00. The van der Waals surface area contributed by atoms with E-state index >= 15 is 0 Å². The van der Waals surface area contributed by atoms with Crippen molar-refractivity contribution in [3.05, 3.63) is 65.2 Å². The van der Waals surface area contributed by atoms with Gasteiger partial charge in [0.1, 0.15) is 5.75 Å². The molecular formula is C18H21NO. The van der Waals surface area contributed by atoms with Crippen molar-refractivity contribution in [1.29, 1.82) is 0 Å². The SMILES string of the molecule is CCN1CC[C@H](c2ccccc2)c2ccc(O)cc2C1. The average Bonchev–Trinajstić information content (AvgIpc) is 2.66. The third kappa shape index (κ3) is 2.56. The van der Waals surface area contributed by atoms with Crippen LogP contribution in [0.1, 0.15) is 36.0 Å². The predicted octanol–water partition coefficient (Wildman–Crippen LogP) is 3.75. The van der Waals surface area contributed by atoms with Gasteiger partial charge in [-0.05, 0) is 48.3 Å². The average molecular weight is 267 g/mol. The highest BCUT2D eigenvalue weighted by molar-refractivity contribution is 5.42. The lowest BCUT2D eigenvalue weighted by Crippen LogP contribution is -2.22. The second kappa shape index (κ2) is 5.68. The van der Waals surface area contributed by atoms with Crippen molar-refractivity contribution >= 4 is 0 Å². The summed E-state index contributed by atoms with van der Waals surface area (Å²) in [6.45, 7) is 5.29. The molecule has 20 heavy (non-hydrogen) atoms. The molecule has 1 aliphatic rings. The molecule has 1 heterocycles. The third-order valence-electron chi connectivity index (χ3n) is 4.28. The molecule has 0 radical (unpaired) electrons. The van der Waals surface area contributed by atoms with Crippen LogP contribution in [0.15, 0.2) is 48.5 Å². The molecule has 1 N–H and O–H groups in total. The van der Waals surface area contributed by atoms with Gasteiger partial charge in [0.05, 0.1) is 0 Å². The largest absolute Gasteiger partial charge is 0.508 e. The van der Waals surface area contributed by atoms with Crippen LogP contribution in [0.25, 0.3) is 0 Å². The molecule has 0 fully saturated rings. The van der Waals surface area contributed by atoms with Gasteiger partial charge in [-0.3, -0.25) is 4.90 Å². The third-order valence-corrected chi connectivity index (χ3v) is 4.28. The van der Waals surface area contributed by atoms with Crippen LogP contribution in [-0.4, -0.2) is 23.1 Å². The molecule has 3 rings (SSSR count). The first-order valence-corrected chi connectivity index (χ1v) is 7.37. The highest BCUT2D eigenvalue weighted by atomic mass is 16.3. The van der Waals surface area contributed by atoms with Gasteiger partial charge in [0.15, 0.2) is 0 Å². The lowest BCUT2D eigenvalue weighted by Gasteiger charge is -2.18. The van der Waals surface area contributed by atoms with E-state index in [9.17, 15) is 5.11 Å². The lowest BCUT2D eigenvalue weighted by atomic mass is 9.86. The Bertz CT molecular complexity index is 579. The van der Waals surface area contributed by atoms with Crippen molar-refractivity contribution in [1.82, 2.24) is 4.90 Å². The molecule has 0 saturated carbocycles. The smallest absolute Gasteiger partial charge is 0.115 e. The Kier molecular flexibility index (Phi) is 3.75. The lowest BCUT2D eigenvalue weighted by molar-refractivity contribution is 0.281. The summed E-state index contributed by atoms with van der Waals surface area (Å²) in [7, 11) is 0. The van der Waals surface area contributed by atoms with Crippen molar-refractivity contribution in [2.75, 3.05) is 13.1 Å². The van der Waals surface area contributed by atoms with Crippen LogP contribution in [0, 0.1) is 0 Å². The molecule has 2 heteroatoms. The summed E-state index contributed by atoms with van der Waals surface area (Å²) in [6, 6.07) is 16.6. The summed E-state index contributed by atoms with van der Waals surface area (Å²) in [6.07, 6.45) is 1.13. The van der Waals surface area contributed by atoms with E-state index in [4.69, 9.17) is 0 Å². The van der Waals surface area contributed by atoms with E-state index in [-0.39, 0.29) is 0 Å². The minimum atomic E-state index is 0.369. The monoisotopic (exact) mass is 267 g/mol. The van der Waals surface area contributed by atoms with Crippen LogP contribution >= 0.6 is 0 Å². The van der Waals surface area contributed by atoms with Crippen molar-refractivity contribution in [3.8, 4) is 5.75 Å². The maximum Gasteiger partial charge on any atom is 0.115 e. The number of aromatic hydroxyl groups is 1. The molecule has 0 bridgehead atoms. The minimum absolute atomic E-state index is 0.369. The molecule has 0 aromatic heterocycles. The van der Waals surface area contributed by atoms with E-state index in [1.165, 1.54) is 16.7 Å². The second-order valence-corrected chi connectivity index (χ2v) is 5.50. The maximum atomic E-state index is 9.78. The predicted molar refractivity (Wildman–Crippen MR) is 82.0 cm³/mol. The summed E-state index contributed by atoms with van der Waals surface area (Å²) >= 11 is 0. The Morgan fingerprint density at radius 3 is 2.70 bits per heavy atom. The van der Waals surface area contributed by atoms with Gasteiger partial charge in [0, 0.05) is 12.5 Å². The molecule has 2 aromatic rings. The summed E-state index contributed by atoms with van der Waals surface area (Å²) < 4.78 is 0. The first-order valence-electron chi connectivity index (χ1n) is 7.37. The Morgan fingerprint density at radius 1 is 1.15 bits per heavy atom. The molecule has 0 aliphatic carbocycles. The molecule has 104 valence electrons. The normalized spacial score (nSPS) is 19.4. The van der Waals surface area contributed by atoms with Crippen LogP contribution in [0.4, 0.5) is 0 Å². The Labute approximate surface area is 120 Å². The number of phenolic OH excluding ortho intramolecular Hbond substituents is 1. The zero-order valence-corrected chi connectivity index (χ0v) is 11.9.